The zero-order chi connectivity index (χ0) is 11.9. The summed E-state index contributed by atoms with van der Waals surface area (Å²) in [6, 6.07) is 8.66. The summed E-state index contributed by atoms with van der Waals surface area (Å²) in [7, 11) is 0. The number of nitrogens with one attached hydrogen (secondary N) is 1. The minimum absolute atomic E-state index is 0.683. The maximum absolute atomic E-state index is 5.66. The van der Waals surface area contributed by atoms with E-state index in [0.717, 1.165) is 23.4 Å². The summed E-state index contributed by atoms with van der Waals surface area (Å²) < 4.78 is 6.75. The Balaban J connectivity index is 1.60. The normalized spacial score (nSPS) is 20.2. The Morgan fingerprint density at radius 3 is 2.88 bits per heavy atom. The van der Waals surface area contributed by atoms with Gasteiger partial charge in [0.25, 0.3) is 0 Å². The fourth-order valence-corrected chi connectivity index (χ4v) is 3.24. The van der Waals surface area contributed by atoms with Crippen LogP contribution in [0.5, 0.6) is 5.75 Å². The van der Waals surface area contributed by atoms with Gasteiger partial charge in [0.1, 0.15) is 12.4 Å². The van der Waals surface area contributed by atoms with Crippen molar-refractivity contribution in [1.29, 1.82) is 0 Å². The Morgan fingerprint density at radius 2 is 2.18 bits per heavy atom. The molecule has 2 rings (SSSR count). The molecule has 1 heterocycles. The highest BCUT2D eigenvalue weighted by Crippen LogP contribution is 2.17. The second-order valence-corrected chi connectivity index (χ2v) is 6.24. The number of benzene rings is 1. The summed E-state index contributed by atoms with van der Waals surface area (Å²) in [5, 5.41) is 3.55. The van der Waals surface area contributed by atoms with Gasteiger partial charge in [-0.05, 0) is 42.9 Å². The molecule has 1 N–H and O–H groups in total. The van der Waals surface area contributed by atoms with Crippen LogP contribution in [0.3, 0.4) is 0 Å². The molecule has 0 aliphatic carbocycles. The van der Waals surface area contributed by atoms with E-state index >= 15 is 0 Å². The maximum Gasteiger partial charge on any atom is 0.119 e. The number of thioether (sulfide) groups is 1. The molecule has 1 atom stereocenters. The van der Waals surface area contributed by atoms with E-state index in [1.165, 1.54) is 24.3 Å². The summed E-state index contributed by atoms with van der Waals surface area (Å²) >= 11 is 5.46. The summed E-state index contributed by atoms with van der Waals surface area (Å²) in [5.74, 6) is 3.51. The summed E-state index contributed by atoms with van der Waals surface area (Å²) in [5.41, 5.74) is 0. The summed E-state index contributed by atoms with van der Waals surface area (Å²) in [6.07, 6.45) is 2.65. The molecule has 1 fully saturated rings. The summed E-state index contributed by atoms with van der Waals surface area (Å²) in [6.45, 7) is 1.67. The Bertz CT molecular complexity index is 325. The Labute approximate surface area is 116 Å². The van der Waals surface area contributed by atoms with Gasteiger partial charge >= 0.3 is 0 Å². The third-order valence-corrected chi connectivity index (χ3v) is 4.52. The molecule has 1 unspecified atom stereocenters. The van der Waals surface area contributed by atoms with Crippen molar-refractivity contribution in [2.24, 2.45) is 0 Å². The van der Waals surface area contributed by atoms with Crippen LogP contribution in [-0.2, 0) is 0 Å². The van der Waals surface area contributed by atoms with Crippen LogP contribution in [0.2, 0.25) is 0 Å². The third kappa shape index (κ3) is 4.90. The lowest BCUT2D eigenvalue weighted by atomic mass is 10.2. The van der Waals surface area contributed by atoms with Crippen molar-refractivity contribution in [2.75, 3.05) is 24.7 Å². The third-order valence-electron chi connectivity index (χ3n) is 2.78. The van der Waals surface area contributed by atoms with Crippen LogP contribution in [0.4, 0.5) is 0 Å². The van der Waals surface area contributed by atoms with Gasteiger partial charge in [-0.2, -0.15) is 11.8 Å². The topological polar surface area (TPSA) is 21.3 Å². The molecule has 0 bridgehead atoms. The molecule has 17 heavy (non-hydrogen) atoms. The molecule has 0 radical (unpaired) electrons. The minimum Gasteiger partial charge on any atom is -0.492 e. The fourth-order valence-electron chi connectivity index (χ4n) is 1.86. The maximum atomic E-state index is 5.66. The van der Waals surface area contributed by atoms with E-state index in [1.54, 1.807) is 0 Å². The molecule has 1 aliphatic rings. The number of rotatable bonds is 5. The molecular formula is C13H18BrNOS. The lowest BCUT2D eigenvalue weighted by Crippen LogP contribution is -2.36. The number of hydrogen-bond acceptors (Lipinski definition) is 3. The van der Waals surface area contributed by atoms with Crippen molar-refractivity contribution in [3.8, 4) is 5.75 Å². The summed E-state index contributed by atoms with van der Waals surface area (Å²) in [4.78, 5) is 0. The SMILES string of the molecule is Brc1ccc(OCCNC2CCCSC2)cc1. The van der Waals surface area contributed by atoms with Crippen molar-refractivity contribution in [3.63, 3.8) is 0 Å². The van der Waals surface area contributed by atoms with Crippen molar-refractivity contribution in [1.82, 2.24) is 5.32 Å². The minimum atomic E-state index is 0.683. The lowest BCUT2D eigenvalue weighted by Gasteiger charge is -2.22. The molecule has 4 heteroatoms. The zero-order valence-corrected chi connectivity index (χ0v) is 12.2. The molecular weight excluding hydrogens is 298 g/mol. The highest BCUT2D eigenvalue weighted by atomic mass is 79.9. The lowest BCUT2D eigenvalue weighted by molar-refractivity contribution is 0.305. The van der Waals surface area contributed by atoms with Gasteiger partial charge in [-0.1, -0.05) is 15.9 Å². The monoisotopic (exact) mass is 315 g/mol. The predicted molar refractivity (Wildman–Crippen MR) is 78.0 cm³/mol. The predicted octanol–water partition coefficient (Wildman–Crippen LogP) is 3.31. The van der Waals surface area contributed by atoms with E-state index in [-0.39, 0.29) is 0 Å². The van der Waals surface area contributed by atoms with E-state index in [2.05, 4.69) is 33.0 Å². The van der Waals surface area contributed by atoms with Crippen molar-refractivity contribution in [2.45, 2.75) is 18.9 Å². The largest absolute Gasteiger partial charge is 0.492 e. The van der Waals surface area contributed by atoms with Gasteiger partial charge in [0.2, 0.25) is 0 Å². The Kier molecular flexibility index (Phi) is 5.68. The molecule has 0 amide bonds. The average Bonchev–Trinajstić information content (AvgIpc) is 2.38. The molecule has 0 aromatic heterocycles. The van der Waals surface area contributed by atoms with Crippen LogP contribution >= 0.6 is 27.7 Å². The smallest absolute Gasteiger partial charge is 0.119 e. The van der Waals surface area contributed by atoms with Crippen molar-refractivity contribution in [3.05, 3.63) is 28.7 Å². The van der Waals surface area contributed by atoms with Crippen molar-refractivity contribution < 1.29 is 4.74 Å². The molecule has 1 aromatic rings. The molecule has 1 aliphatic heterocycles. The van der Waals surface area contributed by atoms with Crippen LogP contribution < -0.4 is 10.1 Å². The van der Waals surface area contributed by atoms with Crippen LogP contribution in [0.1, 0.15) is 12.8 Å². The first kappa shape index (κ1) is 13.2. The van der Waals surface area contributed by atoms with E-state index in [0.29, 0.717) is 6.04 Å². The van der Waals surface area contributed by atoms with Crippen molar-refractivity contribution >= 4 is 27.7 Å². The van der Waals surface area contributed by atoms with Crippen LogP contribution in [0, 0.1) is 0 Å². The van der Waals surface area contributed by atoms with Gasteiger partial charge in [-0.25, -0.2) is 0 Å². The Morgan fingerprint density at radius 1 is 1.35 bits per heavy atom. The zero-order valence-electron chi connectivity index (χ0n) is 9.82. The van der Waals surface area contributed by atoms with E-state index in [4.69, 9.17) is 4.74 Å². The number of halogens is 1. The van der Waals surface area contributed by atoms with Gasteiger partial charge in [0, 0.05) is 22.8 Å². The molecule has 0 spiro atoms. The van der Waals surface area contributed by atoms with E-state index < -0.39 is 0 Å². The van der Waals surface area contributed by atoms with Crippen LogP contribution in [0.25, 0.3) is 0 Å². The molecule has 0 saturated carbocycles. The fraction of sp³-hybridized carbons (Fsp3) is 0.538. The number of hydrogen-bond donors (Lipinski definition) is 1. The quantitative estimate of drug-likeness (QED) is 0.842. The first-order valence-corrected chi connectivity index (χ1v) is 7.99. The standard InChI is InChI=1S/C13H18BrNOS/c14-11-3-5-13(6-4-11)16-8-7-15-12-2-1-9-17-10-12/h3-6,12,15H,1-2,7-10H2. The van der Waals surface area contributed by atoms with Gasteiger partial charge in [0.15, 0.2) is 0 Å². The molecule has 1 aromatic carbocycles. The first-order valence-electron chi connectivity index (χ1n) is 6.04. The molecule has 94 valence electrons. The second-order valence-electron chi connectivity index (χ2n) is 4.17. The van der Waals surface area contributed by atoms with E-state index in [9.17, 15) is 0 Å². The molecule has 1 saturated heterocycles. The van der Waals surface area contributed by atoms with Crippen LogP contribution in [0.15, 0.2) is 28.7 Å². The Hall–Kier alpha value is -0.190. The van der Waals surface area contributed by atoms with Gasteiger partial charge < -0.3 is 10.1 Å². The molecule has 2 nitrogen and oxygen atoms in total. The second kappa shape index (κ2) is 7.29. The highest BCUT2D eigenvalue weighted by molar-refractivity contribution is 9.10. The average molecular weight is 316 g/mol. The first-order chi connectivity index (χ1) is 8.34. The van der Waals surface area contributed by atoms with E-state index in [1.807, 2.05) is 24.3 Å². The highest BCUT2D eigenvalue weighted by Gasteiger charge is 2.12. The number of ether oxygens (including phenoxy) is 1. The van der Waals surface area contributed by atoms with Gasteiger partial charge in [0.05, 0.1) is 0 Å². The van der Waals surface area contributed by atoms with Crippen LogP contribution in [-0.4, -0.2) is 30.7 Å². The van der Waals surface area contributed by atoms with Gasteiger partial charge in [-0.3, -0.25) is 0 Å². The van der Waals surface area contributed by atoms with Gasteiger partial charge in [-0.15, -0.1) is 0 Å².